The van der Waals surface area contributed by atoms with Gasteiger partial charge in [0.1, 0.15) is 5.75 Å². The van der Waals surface area contributed by atoms with Crippen LogP contribution in [-0.4, -0.2) is 12.0 Å². The van der Waals surface area contributed by atoms with Gasteiger partial charge in [-0.2, -0.15) is 0 Å². The lowest BCUT2D eigenvalue weighted by molar-refractivity contribution is -0.127. The monoisotopic (exact) mass is 337 g/mol. The van der Waals surface area contributed by atoms with Gasteiger partial charge in [-0.05, 0) is 74.8 Å². The van der Waals surface area contributed by atoms with Gasteiger partial charge in [-0.1, -0.05) is 36.4 Å². The van der Waals surface area contributed by atoms with Gasteiger partial charge in [0.15, 0.2) is 6.10 Å². The highest BCUT2D eigenvalue weighted by Gasteiger charge is 2.21. The van der Waals surface area contributed by atoms with Crippen LogP contribution in [0.4, 0.5) is 0 Å². The molecule has 0 heterocycles. The van der Waals surface area contributed by atoms with Crippen LogP contribution in [0.3, 0.4) is 0 Å². The van der Waals surface area contributed by atoms with Gasteiger partial charge in [0.25, 0.3) is 5.91 Å². The number of hydrogen-bond acceptors (Lipinski definition) is 2. The standard InChI is InChI=1S/C22H27NO2/c1-15-9-4-6-12-19(15)16(2)23-22(24)17(3)25-21-14-8-11-18-10-5-7-13-20(18)21/h4,6,8-9,11-12,14,16-17H,5,7,10,13H2,1-3H3,(H,23,24)/t16-,17+/m0/s1. The fraction of sp³-hybridized carbons (Fsp3) is 0.409. The number of benzene rings is 2. The Labute approximate surface area is 150 Å². The van der Waals surface area contributed by atoms with Crippen LogP contribution in [0.1, 0.15) is 55.0 Å². The number of ether oxygens (including phenoxy) is 1. The Morgan fingerprint density at radius 2 is 1.80 bits per heavy atom. The lowest BCUT2D eigenvalue weighted by Gasteiger charge is -2.23. The van der Waals surface area contributed by atoms with E-state index in [1.807, 2.05) is 38.1 Å². The Kier molecular flexibility index (Phi) is 5.42. The highest BCUT2D eigenvalue weighted by molar-refractivity contribution is 5.81. The molecule has 0 fully saturated rings. The summed E-state index contributed by atoms with van der Waals surface area (Å²) in [5.41, 5.74) is 4.96. The van der Waals surface area contributed by atoms with Gasteiger partial charge in [-0.3, -0.25) is 4.79 Å². The molecule has 1 aliphatic carbocycles. The number of carbonyl (C=O) groups excluding carboxylic acids is 1. The fourth-order valence-electron chi connectivity index (χ4n) is 3.58. The molecule has 0 aromatic heterocycles. The molecule has 0 bridgehead atoms. The molecule has 3 nitrogen and oxygen atoms in total. The molecule has 0 radical (unpaired) electrons. The lowest BCUT2D eigenvalue weighted by atomic mass is 9.91. The quantitative estimate of drug-likeness (QED) is 0.871. The Hall–Kier alpha value is -2.29. The van der Waals surface area contributed by atoms with E-state index < -0.39 is 6.10 Å². The van der Waals surface area contributed by atoms with E-state index in [9.17, 15) is 4.79 Å². The topological polar surface area (TPSA) is 38.3 Å². The van der Waals surface area contributed by atoms with Gasteiger partial charge in [-0.25, -0.2) is 0 Å². The summed E-state index contributed by atoms with van der Waals surface area (Å²) in [5, 5.41) is 3.07. The highest BCUT2D eigenvalue weighted by Crippen LogP contribution is 2.30. The highest BCUT2D eigenvalue weighted by atomic mass is 16.5. The van der Waals surface area contributed by atoms with Gasteiger partial charge in [0.05, 0.1) is 6.04 Å². The van der Waals surface area contributed by atoms with Gasteiger partial charge in [-0.15, -0.1) is 0 Å². The number of rotatable bonds is 5. The fourth-order valence-corrected chi connectivity index (χ4v) is 3.58. The SMILES string of the molecule is Cc1ccccc1[C@H](C)NC(=O)[C@@H](C)Oc1cccc2c1CCCC2. The van der Waals surface area contributed by atoms with Crippen molar-refractivity contribution in [3.05, 3.63) is 64.7 Å². The summed E-state index contributed by atoms with van der Waals surface area (Å²) in [5.74, 6) is 0.785. The number of nitrogens with one attached hydrogen (secondary N) is 1. The van der Waals surface area contributed by atoms with Gasteiger partial charge < -0.3 is 10.1 Å². The minimum atomic E-state index is -0.514. The zero-order chi connectivity index (χ0) is 17.8. The molecule has 1 amide bonds. The molecular weight excluding hydrogens is 310 g/mol. The van der Waals surface area contributed by atoms with Crippen LogP contribution in [0.5, 0.6) is 5.75 Å². The van der Waals surface area contributed by atoms with Crippen LogP contribution in [0.2, 0.25) is 0 Å². The van der Waals surface area contributed by atoms with Gasteiger partial charge in [0.2, 0.25) is 0 Å². The van der Waals surface area contributed by atoms with Crippen molar-refractivity contribution in [2.24, 2.45) is 0 Å². The number of carbonyl (C=O) groups is 1. The molecule has 2 atom stereocenters. The second-order valence-corrected chi connectivity index (χ2v) is 6.95. The molecule has 2 aromatic carbocycles. The summed E-state index contributed by atoms with van der Waals surface area (Å²) in [4.78, 5) is 12.6. The predicted octanol–water partition coefficient (Wildman–Crippen LogP) is 4.52. The van der Waals surface area contributed by atoms with Crippen LogP contribution in [0.25, 0.3) is 0 Å². The van der Waals surface area contributed by atoms with E-state index in [4.69, 9.17) is 4.74 Å². The molecule has 0 unspecified atom stereocenters. The summed E-state index contributed by atoms with van der Waals surface area (Å²) in [7, 11) is 0. The summed E-state index contributed by atoms with van der Waals surface area (Å²) < 4.78 is 6.03. The van der Waals surface area contributed by atoms with Crippen molar-refractivity contribution in [1.82, 2.24) is 5.32 Å². The van der Waals surface area contributed by atoms with Crippen LogP contribution >= 0.6 is 0 Å². The third-order valence-corrected chi connectivity index (χ3v) is 5.04. The first-order valence-electron chi connectivity index (χ1n) is 9.19. The molecule has 1 aliphatic rings. The molecule has 1 N–H and O–H groups in total. The Morgan fingerprint density at radius 3 is 2.60 bits per heavy atom. The Morgan fingerprint density at radius 1 is 1.04 bits per heavy atom. The van der Waals surface area contributed by atoms with Crippen molar-refractivity contribution in [2.75, 3.05) is 0 Å². The summed E-state index contributed by atoms with van der Waals surface area (Å²) >= 11 is 0. The number of aryl methyl sites for hydroxylation is 2. The smallest absolute Gasteiger partial charge is 0.261 e. The number of amides is 1. The first kappa shape index (κ1) is 17.5. The Balaban J connectivity index is 1.66. The maximum absolute atomic E-state index is 12.6. The normalized spacial score (nSPS) is 15.8. The van der Waals surface area contributed by atoms with Crippen molar-refractivity contribution >= 4 is 5.91 Å². The van der Waals surface area contributed by atoms with Crippen LogP contribution in [0, 0.1) is 6.92 Å². The van der Waals surface area contributed by atoms with Gasteiger partial charge in [0, 0.05) is 0 Å². The minimum Gasteiger partial charge on any atom is -0.481 e. The third kappa shape index (κ3) is 4.04. The zero-order valence-electron chi connectivity index (χ0n) is 15.3. The van der Waals surface area contributed by atoms with Crippen molar-refractivity contribution in [1.29, 1.82) is 0 Å². The molecular formula is C22H27NO2. The maximum atomic E-state index is 12.6. The molecule has 2 aromatic rings. The molecule has 0 aliphatic heterocycles. The number of fused-ring (bicyclic) bond motifs is 1. The molecule has 0 saturated carbocycles. The molecule has 3 rings (SSSR count). The third-order valence-electron chi connectivity index (χ3n) is 5.04. The second-order valence-electron chi connectivity index (χ2n) is 6.95. The van der Waals surface area contributed by atoms with E-state index in [0.717, 1.165) is 24.2 Å². The predicted molar refractivity (Wildman–Crippen MR) is 101 cm³/mol. The van der Waals surface area contributed by atoms with E-state index in [1.165, 1.54) is 29.5 Å². The van der Waals surface area contributed by atoms with E-state index in [-0.39, 0.29) is 11.9 Å². The molecule has 3 heteroatoms. The minimum absolute atomic E-state index is 0.0376. The Bertz CT molecular complexity index is 753. The average molecular weight is 337 g/mol. The van der Waals surface area contributed by atoms with E-state index in [2.05, 4.69) is 30.4 Å². The lowest BCUT2D eigenvalue weighted by Crippen LogP contribution is -2.38. The van der Waals surface area contributed by atoms with E-state index >= 15 is 0 Å². The molecule has 132 valence electrons. The first-order valence-corrected chi connectivity index (χ1v) is 9.19. The molecule has 0 spiro atoms. The molecule has 25 heavy (non-hydrogen) atoms. The van der Waals surface area contributed by atoms with Crippen molar-refractivity contribution in [3.63, 3.8) is 0 Å². The van der Waals surface area contributed by atoms with Crippen LogP contribution in [-0.2, 0) is 17.6 Å². The maximum Gasteiger partial charge on any atom is 0.261 e. The number of hydrogen-bond donors (Lipinski definition) is 1. The largest absolute Gasteiger partial charge is 0.481 e. The summed E-state index contributed by atoms with van der Waals surface area (Å²) in [6.07, 6.45) is 4.06. The first-order chi connectivity index (χ1) is 12.1. The van der Waals surface area contributed by atoms with E-state index in [1.54, 1.807) is 0 Å². The zero-order valence-corrected chi connectivity index (χ0v) is 15.3. The van der Waals surface area contributed by atoms with Crippen molar-refractivity contribution in [2.45, 2.75) is 58.6 Å². The summed E-state index contributed by atoms with van der Waals surface area (Å²) in [6, 6.07) is 14.3. The second kappa shape index (κ2) is 7.73. The average Bonchev–Trinajstić information content (AvgIpc) is 2.62. The van der Waals surface area contributed by atoms with Crippen LogP contribution in [0.15, 0.2) is 42.5 Å². The van der Waals surface area contributed by atoms with Gasteiger partial charge >= 0.3 is 0 Å². The van der Waals surface area contributed by atoms with Crippen molar-refractivity contribution < 1.29 is 9.53 Å². The van der Waals surface area contributed by atoms with Crippen molar-refractivity contribution in [3.8, 4) is 5.75 Å². The van der Waals surface area contributed by atoms with Crippen LogP contribution < -0.4 is 10.1 Å². The molecule has 0 saturated heterocycles. The summed E-state index contributed by atoms with van der Waals surface area (Å²) in [6.45, 7) is 5.90. The van der Waals surface area contributed by atoms with E-state index in [0.29, 0.717) is 0 Å².